The van der Waals surface area contributed by atoms with E-state index >= 15 is 0 Å². The Labute approximate surface area is 122 Å². The molecule has 6 heteroatoms. The van der Waals surface area contributed by atoms with Crippen LogP contribution in [0.5, 0.6) is 0 Å². The highest BCUT2D eigenvalue weighted by molar-refractivity contribution is 7.91. The van der Waals surface area contributed by atoms with Crippen molar-refractivity contribution in [3.05, 3.63) is 0 Å². The molecular formula is C14H26N2O3S. The van der Waals surface area contributed by atoms with Crippen LogP contribution in [0.4, 0.5) is 0 Å². The molecule has 0 radical (unpaired) electrons. The number of carbonyl (C=O) groups excluding carboxylic acids is 1. The fourth-order valence-electron chi connectivity index (χ4n) is 3.21. The second-order valence-electron chi connectivity index (χ2n) is 6.84. The molecule has 3 atom stereocenters. The van der Waals surface area contributed by atoms with Gasteiger partial charge in [-0.25, -0.2) is 8.42 Å². The summed E-state index contributed by atoms with van der Waals surface area (Å²) in [5.74, 6) is 1.10. The summed E-state index contributed by atoms with van der Waals surface area (Å²) in [6, 6.07) is -0.324. The lowest BCUT2D eigenvalue weighted by molar-refractivity contribution is -0.132. The van der Waals surface area contributed by atoms with E-state index in [2.05, 4.69) is 19.2 Å². The maximum Gasteiger partial charge on any atom is 0.241 e. The van der Waals surface area contributed by atoms with E-state index in [1.165, 1.54) is 0 Å². The van der Waals surface area contributed by atoms with Crippen LogP contribution in [0.3, 0.4) is 0 Å². The molecular weight excluding hydrogens is 276 g/mol. The van der Waals surface area contributed by atoms with E-state index in [4.69, 9.17) is 0 Å². The Hall–Kier alpha value is -0.620. The Balaban J connectivity index is 2.20. The van der Waals surface area contributed by atoms with Crippen molar-refractivity contribution in [2.75, 3.05) is 11.5 Å². The molecule has 2 saturated heterocycles. The number of rotatable bonds is 4. The van der Waals surface area contributed by atoms with Crippen molar-refractivity contribution in [3.8, 4) is 0 Å². The Morgan fingerprint density at radius 3 is 2.40 bits per heavy atom. The molecule has 0 saturated carbocycles. The fraction of sp³-hybridized carbons (Fsp3) is 0.929. The molecule has 0 aliphatic carbocycles. The first-order valence-corrected chi connectivity index (χ1v) is 9.32. The lowest BCUT2D eigenvalue weighted by Gasteiger charge is -2.30. The number of sulfone groups is 1. The van der Waals surface area contributed by atoms with Crippen molar-refractivity contribution in [1.29, 1.82) is 0 Å². The average Bonchev–Trinajstić information content (AvgIpc) is 2.78. The van der Waals surface area contributed by atoms with Gasteiger partial charge in [0.1, 0.15) is 0 Å². The fourth-order valence-corrected chi connectivity index (χ4v) is 4.92. The van der Waals surface area contributed by atoms with Crippen LogP contribution < -0.4 is 5.32 Å². The zero-order valence-electron chi connectivity index (χ0n) is 12.8. The van der Waals surface area contributed by atoms with Gasteiger partial charge in [-0.2, -0.15) is 0 Å². The largest absolute Gasteiger partial charge is 0.322 e. The van der Waals surface area contributed by atoms with E-state index in [0.717, 1.165) is 6.42 Å². The minimum atomic E-state index is -2.97. The first-order chi connectivity index (χ1) is 9.21. The summed E-state index contributed by atoms with van der Waals surface area (Å²) in [4.78, 5) is 14.4. The Kier molecular flexibility index (Phi) is 4.44. The second-order valence-corrected chi connectivity index (χ2v) is 9.06. The minimum absolute atomic E-state index is 0.0202. The third-order valence-electron chi connectivity index (χ3n) is 4.19. The zero-order valence-corrected chi connectivity index (χ0v) is 13.6. The van der Waals surface area contributed by atoms with Gasteiger partial charge in [-0.15, -0.1) is 0 Å². The zero-order chi connectivity index (χ0) is 15.1. The second kappa shape index (κ2) is 5.64. The SMILES string of the molecule is CC(C)CC1NC(C(C)C)C(=O)N1C1CCS(=O)(=O)C1. The van der Waals surface area contributed by atoms with Crippen molar-refractivity contribution >= 4 is 15.7 Å². The minimum Gasteiger partial charge on any atom is -0.322 e. The van der Waals surface area contributed by atoms with Gasteiger partial charge in [-0.05, 0) is 24.7 Å². The summed E-state index contributed by atoms with van der Waals surface area (Å²) in [5, 5.41) is 3.41. The van der Waals surface area contributed by atoms with Gasteiger partial charge < -0.3 is 4.90 Å². The Morgan fingerprint density at radius 2 is 1.95 bits per heavy atom. The Bertz CT molecular complexity index is 473. The molecule has 116 valence electrons. The lowest BCUT2D eigenvalue weighted by atomic mass is 10.0. The molecule has 1 amide bonds. The van der Waals surface area contributed by atoms with Crippen LogP contribution in [0.1, 0.15) is 40.5 Å². The van der Waals surface area contributed by atoms with Gasteiger partial charge in [-0.3, -0.25) is 10.1 Å². The molecule has 1 N–H and O–H groups in total. The molecule has 2 rings (SSSR count). The van der Waals surface area contributed by atoms with Crippen molar-refractivity contribution < 1.29 is 13.2 Å². The standard InChI is InChI=1S/C14H26N2O3S/c1-9(2)7-12-15-13(10(3)4)14(17)16(12)11-5-6-20(18,19)8-11/h9-13,15H,5-8H2,1-4H3. The number of nitrogens with one attached hydrogen (secondary N) is 1. The van der Waals surface area contributed by atoms with Crippen molar-refractivity contribution in [3.63, 3.8) is 0 Å². The van der Waals surface area contributed by atoms with Crippen LogP contribution in [0, 0.1) is 11.8 Å². The number of nitrogens with zero attached hydrogens (tertiary/aromatic N) is 1. The van der Waals surface area contributed by atoms with E-state index in [0.29, 0.717) is 12.3 Å². The van der Waals surface area contributed by atoms with E-state index in [1.807, 2.05) is 18.7 Å². The molecule has 0 spiro atoms. The van der Waals surface area contributed by atoms with Gasteiger partial charge >= 0.3 is 0 Å². The average molecular weight is 302 g/mol. The summed E-state index contributed by atoms with van der Waals surface area (Å²) in [6.07, 6.45) is 1.42. The van der Waals surface area contributed by atoms with E-state index < -0.39 is 9.84 Å². The predicted octanol–water partition coefficient (Wildman–Crippen LogP) is 1.00. The van der Waals surface area contributed by atoms with Crippen LogP contribution in [0.15, 0.2) is 0 Å². The number of carbonyl (C=O) groups is 1. The smallest absolute Gasteiger partial charge is 0.241 e. The molecule has 20 heavy (non-hydrogen) atoms. The molecule has 2 heterocycles. The van der Waals surface area contributed by atoms with Crippen molar-refractivity contribution in [1.82, 2.24) is 10.2 Å². The molecule has 2 fully saturated rings. The first-order valence-electron chi connectivity index (χ1n) is 7.50. The Morgan fingerprint density at radius 1 is 1.30 bits per heavy atom. The maximum atomic E-state index is 12.6. The third kappa shape index (κ3) is 3.17. The number of hydrogen-bond donors (Lipinski definition) is 1. The highest BCUT2D eigenvalue weighted by atomic mass is 32.2. The van der Waals surface area contributed by atoms with E-state index in [-0.39, 0.29) is 41.6 Å². The van der Waals surface area contributed by atoms with Crippen LogP contribution in [0.25, 0.3) is 0 Å². The van der Waals surface area contributed by atoms with Crippen LogP contribution in [0.2, 0.25) is 0 Å². The van der Waals surface area contributed by atoms with Crippen molar-refractivity contribution in [2.45, 2.75) is 58.8 Å². The van der Waals surface area contributed by atoms with Gasteiger partial charge in [0, 0.05) is 6.04 Å². The highest BCUT2D eigenvalue weighted by Gasteiger charge is 2.46. The van der Waals surface area contributed by atoms with Gasteiger partial charge in [0.15, 0.2) is 9.84 Å². The van der Waals surface area contributed by atoms with Crippen LogP contribution in [-0.4, -0.2) is 49.0 Å². The monoisotopic (exact) mass is 302 g/mol. The maximum absolute atomic E-state index is 12.6. The van der Waals surface area contributed by atoms with E-state index in [1.54, 1.807) is 0 Å². The summed E-state index contributed by atoms with van der Waals surface area (Å²) in [6.45, 7) is 8.30. The topological polar surface area (TPSA) is 66.5 Å². The quantitative estimate of drug-likeness (QED) is 0.841. The highest BCUT2D eigenvalue weighted by Crippen LogP contribution is 2.28. The summed E-state index contributed by atoms with van der Waals surface area (Å²) >= 11 is 0. The molecule has 0 aromatic heterocycles. The molecule has 5 nitrogen and oxygen atoms in total. The normalized spacial score (nSPS) is 33.6. The molecule has 2 aliphatic rings. The summed E-state index contributed by atoms with van der Waals surface area (Å²) in [5.41, 5.74) is 0. The van der Waals surface area contributed by atoms with Gasteiger partial charge in [-0.1, -0.05) is 27.7 Å². The molecule has 3 unspecified atom stereocenters. The van der Waals surface area contributed by atoms with E-state index in [9.17, 15) is 13.2 Å². The van der Waals surface area contributed by atoms with Gasteiger partial charge in [0.2, 0.25) is 5.91 Å². The number of amides is 1. The molecule has 0 aromatic carbocycles. The van der Waals surface area contributed by atoms with Crippen LogP contribution in [-0.2, 0) is 14.6 Å². The van der Waals surface area contributed by atoms with Gasteiger partial charge in [0.25, 0.3) is 0 Å². The summed E-state index contributed by atoms with van der Waals surface area (Å²) in [7, 11) is -2.97. The van der Waals surface area contributed by atoms with Crippen LogP contribution >= 0.6 is 0 Å². The molecule has 0 aromatic rings. The third-order valence-corrected chi connectivity index (χ3v) is 5.94. The van der Waals surface area contributed by atoms with Crippen molar-refractivity contribution in [2.24, 2.45) is 11.8 Å². The number of hydrogen-bond acceptors (Lipinski definition) is 4. The lowest BCUT2D eigenvalue weighted by Crippen LogP contribution is -2.45. The molecule has 2 aliphatic heterocycles. The predicted molar refractivity (Wildman–Crippen MR) is 78.9 cm³/mol. The van der Waals surface area contributed by atoms with Gasteiger partial charge in [0.05, 0.1) is 23.7 Å². The molecule has 0 bridgehead atoms. The summed E-state index contributed by atoms with van der Waals surface area (Å²) < 4.78 is 23.4. The first kappa shape index (κ1) is 15.8.